The van der Waals surface area contributed by atoms with E-state index in [1.54, 1.807) is 32.1 Å². The Kier molecular flexibility index (Phi) is 8.11. The van der Waals surface area contributed by atoms with E-state index in [-0.39, 0.29) is 11.5 Å². The van der Waals surface area contributed by atoms with Crippen LogP contribution < -0.4 is 9.47 Å². The number of ether oxygens (including phenoxy) is 3. The summed E-state index contributed by atoms with van der Waals surface area (Å²) in [6, 6.07) is 15.7. The molecule has 8 heteroatoms. The van der Waals surface area contributed by atoms with Crippen molar-refractivity contribution in [3.8, 4) is 17.2 Å². The average Bonchev–Trinajstić information content (AvgIpc) is 3.32. The number of benzene rings is 2. The number of hydrogen-bond donors (Lipinski definition) is 0. The number of amides is 1. The summed E-state index contributed by atoms with van der Waals surface area (Å²) in [5.74, 6) is 0.511. The number of carbonyl (C=O) groups excluding carboxylic acids is 2. The number of esters is 1. The number of methoxy groups -OCH3 is 3. The van der Waals surface area contributed by atoms with Crippen LogP contribution >= 0.6 is 15.9 Å². The van der Waals surface area contributed by atoms with E-state index in [4.69, 9.17) is 14.2 Å². The van der Waals surface area contributed by atoms with E-state index < -0.39 is 5.97 Å². The molecule has 38 heavy (non-hydrogen) atoms. The van der Waals surface area contributed by atoms with Gasteiger partial charge >= 0.3 is 5.97 Å². The molecule has 1 amide bonds. The lowest BCUT2D eigenvalue weighted by atomic mass is 10.0. The second-order valence-corrected chi connectivity index (χ2v) is 9.96. The summed E-state index contributed by atoms with van der Waals surface area (Å²) in [6.07, 6.45) is 2.37. The minimum absolute atomic E-state index is 0.226. The van der Waals surface area contributed by atoms with Crippen LogP contribution in [0, 0.1) is 13.8 Å². The third-order valence-electron chi connectivity index (χ3n) is 6.81. The van der Waals surface area contributed by atoms with Crippen molar-refractivity contribution in [3.63, 3.8) is 0 Å². The van der Waals surface area contributed by atoms with Crippen molar-refractivity contribution in [3.05, 3.63) is 92.4 Å². The Labute approximate surface area is 231 Å². The first-order chi connectivity index (χ1) is 18.2. The van der Waals surface area contributed by atoms with Gasteiger partial charge in [-0.2, -0.15) is 0 Å². The van der Waals surface area contributed by atoms with Gasteiger partial charge in [-0.25, -0.2) is 4.79 Å². The Morgan fingerprint density at radius 3 is 2.37 bits per heavy atom. The Morgan fingerprint density at radius 1 is 0.974 bits per heavy atom. The quantitative estimate of drug-likeness (QED) is 0.250. The highest BCUT2D eigenvalue weighted by atomic mass is 79.9. The molecule has 0 fully saturated rings. The van der Waals surface area contributed by atoms with Crippen LogP contribution in [0.25, 0.3) is 11.8 Å². The van der Waals surface area contributed by atoms with Gasteiger partial charge in [-0.15, -0.1) is 0 Å². The third kappa shape index (κ3) is 5.13. The molecule has 198 valence electrons. The number of allylic oxidation sites excluding steroid dienone is 1. The number of hydrogen-bond acceptors (Lipinski definition) is 5. The first kappa shape index (κ1) is 27.3. The maximum absolute atomic E-state index is 13.7. The molecule has 7 nitrogen and oxygen atoms in total. The van der Waals surface area contributed by atoms with Gasteiger partial charge in [-0.05, 0) is 80.8 Å². The zero-order valence-corrected chi connectivity index (χ0v) is 24.0. The van der Waals surface area contributed by atoms with Crippen molar-refractivity contribution in [2.45, 2.75) is 27.2 Å². The van der Waals surface area contributed by atoms with Gasteiger partial charge in [0.1, 0.15) is 0 Å². The van der Waals surface area contributed by atoms with E-state index in [1.807, 2.05) is 62.4 Å². The first-order valence-electron chi connectivity index (χ1n) is 12.2. The topological polar surface area (TPSA) is 70.0 Å². The summed E-state index contributed by atoms with van der Waals surface area (Å²) < 4.78 is 18.9. The minimum atomic E-state index is -0.531. The number of aromatic nitrogens is 1. The molecule has 3 aromatic rings. The predicted octanol–water partition coefficient (Wildman–Crippen LogP) is 5.79. The molecule has 1 aliphatic heterocycles. The second-order valence-electron chi connectivity index (χ2n) is 9.05. The Bertz CT molecular complexity index is 1470. The van der Waals surface area contributed by atoms with Crippen LogP contribution in [-0.4, -0.2) is 49.2 Å². The van der Waals surface area contributed by atoms with E-state index >= 15 is 0 Å². The number of carbonyl (C=O) groups is 2. The lowest BCUT2D eigenvalue weighted by Gasteiger charge is -2.18. The zero-order valence-electron chi connectivity index (χ0n) is 22.4. The predicted molar refractivity (Wildman–Crippen MR) is 151 cm³/mol. The van der Waals surface area contributed by atoms with Crippen LogP contribution in [0.2, 0.25) is 0 Å². The molecule has 0 unspecified atom stereocenters. The van der Waals surface area contributed by atoms with Crippen molar-refractivity contribution in [2.75, 3.05) is 27.9 Å². The van der Waals surface area contributed by atoms with Gasteiger partial charge in [0.15, 0.2) is 11.5 Å². The highest BCUT2D eigenvalue weighted by molar-refractivity contribution is 9.10. The lowest BCUT2D eigenvalue weighted by molar-refractivity contribution is -0.136. The van der Waals surface area contributed by atoms with Gasteiger partial charge in [0.25, 0.3) is 5.91 Å². The Balaban J connectivity index is 1.68. The number of aryl methyl sites for hydroxylation is 1. The molecular formula is C30H31BrN2O5. The molecule has 0 N–H and O–H groups in total. The van der Waals surface area contributed by atoms with E-state index in [0.29, 0.717) is 35.7 Å². The maximum Gasteiger partial charge on any atom is 0.340 e. The van der Waals surface area contributed by atoms with E-state index in [0.717, 1.165) is 32.7 Å². The highest BCUT2D eigenvalue weighted by Crippen LogP contribution is 2.34. The van der Waals surface area contributed by atoms with Crippen LogP contribution in [0.4, 0.5) is 0 Å². The van der Waals surface area contributed by atoms with Gasteiger partial charge in [0, 0.05) is 33.8 Å². The van der Waals surface area contributed by atoms with Crippen molar-refractivity contribution >= 4 is 33.9 Å². The van der Waals surface area contributed by atoms with E-state index in [1.165, 1.54) is 7.11 Å². The fourth-order valence-corrected chi connectivity index (χ4v) is 5.26. The monoisotopic (exact) mass is 578 g/mol. The molecule has 2 aromatic carbocycles. The highest BCUT2D eigenvalue weighted by Gasteiger charge is 2.37. The standard InChI is InChI=1S/C30H31BrN2O5/c1-18-14-22(19(2)33(18)24-9-7-8-23(31)17-24)16-25-28(30(35)38-6)20(3)32(29(25)34)13-12-21-10-11-26(36-4)27(15-21)37-5/h7-11,14-17H,12-13H2,1-6H3/b25-16-. The number of nitrogens with zero attached hydrogens (tertiary/aromatic N) is 2. The van der Waals surface area contributed by atoms with Crippen molar-refractivity contribution in [1.82, 2.24) is 9.47 Å². The Morgan fingerprint density at radius 2 is 1.71 bits per heavy atom. The van der Waals surface area contributed by atoms with Gasteiger partial charge in [-0.3, -0.25) is 4.79 Å². The molecular weight excluding hydrogens is 548 g/mol. The van der Waals surface area contributed by atoms with Crippen molar-refractivity contribution in [2.24, 2.45) is 0 Å². The third-order valence-corrected chi connectivity index (χ3v) is 7.30. The average molecular weight is 579 g/mol. The van der Waals surface area contributed by atoms with Crippen LogP contribution in [0.5, 0.6) is 11.5 Å². The van der Waals surface area contributed by atoms with Gasteiger partial charge in [-0.1, -0.05) is 28.1 Å². The van der Waals surface area contributed by atoms with Crippen molar-refractivity contribution < 1.29 is 23.8 Å². The smallest absolute Gasteiger partial charge is 0.340 e. The normalized spacial score (nSPS) is 14.4. The SMILES string of the molecule is COC(=O)C1=C(C)N(CCc2ccc(OC)c(OC)c2)C(=O)/C1=C\c1cc(C)n(-c2cccc(Br)c2)c1C. The van der Waals surface area contributed by atoms with Gasteiger partial charge in [0.2, 0.25) is 0 Å². The first-order valence-corrected chi connectivity index (χ1v) is 13.0. The molecule has 0 saturated heterocycles. The summed E-state index contributed by atoms with van der Waals surface area (Å²) in [5, 5.41) is 0. The summed E-state index contributed by atoms with van der Waals surface area (Å²) in [4.78, 5) is 28.1. The summed E-state index contributed by atoms with van der Waals surface area (Å²) in [6.45, 7) is 6.20. The molecule has 0 saturated carbocycles. The van der Waals surface area contributed by atoms with E-state index in [2.05, 4.69) is 20.5 Å². The maximum atomic E-state index is 13.7. The molecule has 0 bridgehead atoms. The van der Waals surface area contributed by atoms with Crippen LogP contribution in [0.3, 0.4) is 0 Å². The molecule has 4 rings (SSSR count). The number of rotatable bonds is 8. The zero-order chi connectivity index (χ0) is 27.6. The van der Waals surface area contributed by atoms with Gasteiger partial charge in [0.05, 0.1) is 32.5 Å². The molecule has 0 aliphatic carbocycles. The molecule has 1 aliphatic rings. The lowest BCUT2D eigenvalue weighted by Crippen LogP contribution is -2.27. The molecule has 0 radical (unpaired) electrons. The molecule has 1 aromatic heterocycles. The summed E-state index contributed by atoms with van der Waals surface area (Å²) in [7, 11) is 4.51. The summed E-state index contributed by atoms with van der Waals surface area (Å²) in [5.41, 5.74) is 6.03. The van der Waals surface area contributed by atoms with E-state index in [9.17, 15) is 9.59 Å². The van der Waals surface area contributed by atoms with Crippen LogP contribution in [-0.2, 0) is 20.7 Å². The largest absolute Gasteiger partial charge is 0.493 e. The summed E-state index contributed by atoms with van der Waals surface area (Å²) >= 11 is 3.54. The van der Waals surface area contributed by atoms with Gasteiger partial charge < -0.3 is 23.7 Å². The van der Waals surface area contributed by atoms with Crippen LogP contribution in [0.1, 0.15) is 29.4 Å². The Hall–Kier alpha value is -3.78. The second kappa shape index (κ2) is 11.3. The molecule has 0 atom stereocenters. The fourth-order valence-electron chi connectivity index (χ4n) is 4.88. The minimum Gasteiger partial charge on any atom is -0.493 e. The molecule has 2 heterocycles. The van der Waals surface area contributed by atoms with Crippen LogP contribution in [0.15, 0.2) is 69.8 Å². The molecule has 0 spiro atoms. The number of halogens is 1. The fraction of sp³-hybridized carbons (Fsp3) is 0.267. The van der Waals surface area contributed by atoms with Crippen molar-refractivity contribution in [1.29, 1.82) is 0 Å².